The van der Waals surface area contributed by atoms with Gasteiger partial charge in [0.25, 0.3) is 0 Å². The van der Waals surface area contributed by atoms with E-state index in [1.165, 1.54) is 0 Å². The molecule has 1 N–H and O–H groups in total. The fourth-order valence-corrected chi connectivity index (χ4v) is 3.35. The first-order valence-electron chi connectivity index (χ1n) is 6.50. The second-order valence-corrected chi connectivity index (χ2v) is 6.57. The standard InChI is InChI=1S/C13H17NO6S/c1-2-14(21(17,18)9-13(15)16)7-10-8-19-11-5-3-4-6-12(11)20-10/h3-6,10H,2,7-9H2,1H3,(H,15,16). The first-order chi connectivity index (χ1) is 9.92. The number of rotatable bonds is 6. The molecule has 0 aromatic heterocycles. The Morgan fingerprint density at radius 1 is 1.38 bits per heavy atom. The summed E-state index contributed by atoms with van der Waals surface area (Å²) in [4.78, 5) is 10.6. The van der Waals surface area contributed by atoms with Crippen LogP contribution in [0.5, 0.6) is 11.5 Å². The smallest absolute Gasteiger partial charge is 0.320 e. The van der Waals surface area contributed by atoms with E-state index in [4.69, 9.17) is 14.6 Å². The zero-order chi connectivity index (χ0) is 15.5. The Labute approximate surface area is 123 Å². The normalized spacial score (nSPS) is 17.7. The quantitative estimate of drug-likeness (QED) is 0.824. The monoisotopic (exact) mass is 315 g/mol. The molecule has 0 radical (unpaired) electrons. The first-order valence-corrected chi connectivity index (χ1v) is 8.11. The lowest BCUT2D eigenvalue weighted by Crippen LogP contribution is -2.45. The summed E-state index contributed by atoms with van der Waals surface area (Å²) in [5.74, 6) is -1.13. The van der Waals surface area contributed by atoms with E-state index in [0.717, 1.165) is 4.31 Å². The number of benzene rings is 1. The summed E-state index contributed by atoms with van der Waals surface area (Å²) in [7, 11) is -3.85. The van der Waals surface area contributed by atoms with Crippen LogP contribution in [0.25, 0.3) is 0 Å². The minimum absolute atomic E-state index is 0.0560. The van der Waals surface area contributed by atoms with Crippen LogP contribution in [0.3, 0.4) is 0 Å². The van der Waals surface area contributed by atoms with Crippen LogP contribution in [0.2, 0.25) is 0 Å². The molecule has 1 aliphatic rings. The number of carbonyl (C=O) groups is 1. The number of carboxylic acids is 1. The fourth-order valence-electron chi connectivity index (χ4n) is 2.07. The molecule has 7 nitrogen and oxygen atoms in total. The van der Waals surface area contributed by atoms with Gasteiger partial charge in [-0.05, 0) is 12.1 Å². The van der Waals surface area contributed by atoms with Gasteiger partial charge in [-0.25, -0.2) is 8.42 Å². The van der Waals surface area contributed by atoms with E-state index in [9.17, 15) is 13.2 Å². The molecule has 0 spiro atoms. The predicted octanol–water partition coefficient (Wildman–Crippen LogP) is 0.563. The lowest BCUT2D eigenvalue weighted by atomic mass is 10.2. The molecule has 1 unspecified atom stereocenters. The predicted molar refractivity (Wildman–Crippen MR) is 75.0 cm³/mol. The van der Waals surface area contributed by atoms with Crippen molar-refractivity contribution in [3.63, 3.8) is 0 Å². The van der Waals surface area contributed by atoms with Gasteiger partial charge in [-0.3, -0.25) is 4.79 Å². The van der Waals surface area contributed by atoms with Crippen LogP contribution in [0, 0.1) is 0 Å². The number of carboxylic acid groups (broad SMARTS) is 1. The molecule has 0 aliphatic carbocycles. The van der Waals surface area contributed by atoms with E-state index < -0.39 is 27.8 Å². The van der Waals surface area contributed by atoms with Gasteiger partial charge >= 0.3 is 5.97 Å². The molecule has 1 heterocycles. The van der Waals surface area contributed by atoms with Crippen molar-refractivity contribution in [1.82, 2.24) is 4.31 Å². The van der Waals surface area contributed by atoms with E-state index in [1.54, 1.807) is 25.1 Å². The lowest BCUT2D eigenvalue weighted by molar-refractivity contribution is -0.134. The summed E-state index contributed by atoms with van der Waals surface area (Å²) in [6, 6.07) is 7.12. The summed E-state index contributed by atoms with van der Waals surface area (Å²) in [5.41, 5.74) is 0. The highest BCUT2D eigenvalue weighted by molar-refractivity contribution is 7.89. The number of hydrogen-bond acceptors (Lipinski definition) is 5. The van der Waals surface area contributed by atoms with Crippen LogP contribution in [0.15, 0.2) is 24.3 Å². The largest absolute Gasteiger partial charge is 0.486 e. The summed E-state index contributed by atoms with van der Waals surface area (Å²) in [6.45, 7) is 2.10. The van der Waals surface area contributed by atoms with E-state index in [-0.39, 0.29) is 19.7 Å². The minimum Gasteiger partial charge on any atom is -0.486 e. The molecule has 1 aromatic carbocycles. The lowest BCUT2D eigenvalue weighted by Gasteiger charge is -2.30. The Morgan fingerprint density at radius 3 is 2.67 bits per heavy atom. The highest BCUT2D eigenvalue weighted by Gasteiger charge is 2.29. The second kappa shape index (κ2) is 6.31. The summed E-state index contributed by atoms with van der Waals surface area (Å²) in [5, 5.41) is 8.67. The van der Waals surface area contributed by atoms with Gasteiger partial charge in [0.05, 0.1) is 6.54 Å². The van der Waals surface area contributed by atoms with Crippen molar-refractivity contribution in [3.8, 4) is 11.5 Å². The molecule has 1 atom stereocenters. The van der Waals surface area contributed by atoms with Gasteiger partial charge < -0.3 is 14.6 Å². The number of hydrogen-bond donors (Lipinski definition) is 1. The van der Waals surface area contributed by atoms with Gasteiger partial charge in [-0.1, -0.05) is 19.1 Å². The van der Waals surface area contributed by atoms with Gasteiger partial charge in [0.15, 0.2) is 17.3 Å². The maximum atomic E-state index is 11.9. The highest BCUT2D eigenvalue weighted by Crippen LogP contribution is 2.31. The van der Waals surface area contributed by atoms with Crippen molar-refractivity contribution < 1.29 is 27.8 Å². The Hall–Kier alpha value is -1.80. The van der Waals surface area contributed by atoms with Crippen LogP contribution >= 0.6 is 0 Å². The molecular formula is C13H17NO6S. The van der Waals surface area contributed by atoms with Crippen molar-refractivity contribution in [2.45, 2.75) is 13.0 Å². The van der Waals surface area contributed by atoms with E-state index >= 15 is 0 Å². The summed E-state index contributed by atoms with van der Waals surface area (Å²) >= 11 is 0. The number of nitrogens with zero attached hydrogens (tertiary/aromatic N) is 1. The number of para-hydroxylation sites is 2. The maximum absolute atomic E-state index is 11.9. The van der Waals surface area contributed by atoms with Crippen molar-refractivity contribution in [2.75, 3.05) is 25.4 Å². The molecular weight excluding hydrogens is 298 g/mol. The molecule has 2 rings (SSSR count). The van der Waals surface area contributed by atoms with Crippen LogP contribution in [-0.4, -0.2) is 55.4 Å². The van der Waals surface area contributed by atoms with E-state index in [1.807, 2.05) is 6.07 Å². The minimum atomic E-state index is -3.85. The number of ether oxygens (including phenoxy) is 2. The molecule has 1 aromatic rings. The van der Waals surface area contributed by atoms with Gasteiger partial charge in [0.2, 0.25) is 10.0 Å². The second-order valence-electron chi connectivity index (χ2n) is 4.60. The Morgan fingerprint density at radius 2 is 2.05 bits per heavy atom. The zero-order valence-electron chi connectivity index (χ0n) is 11.6. The number of sulfonamides is 1. The Kier molecular flexibility index (Phi) is 4.69. The fraction of sp³-hybridized carbons (Fsp3) is 0.462. The Bertz CT molecular complexity index is 615. The molecule has 0 bridgehead atoms. The molecule has 1 aliphatic heterocycles. The number of fused-ring (bicyclic) bond motifs is 1. The van der Waals surface area contributed by atoms with Gasteiger partial charge in [0, 0.05) is 6.54 Å². The highest BCUT2D eigenvalue weighted by atomic mass is 32.2. The Balaban J connectivity index is 2.05. The van der Waals surface area contributed by atoms with Crippen molar-refractivity contribution in [1.29, 1.82) is 0 Å². The van der Waals surface area contributed by atoms with Crippen molar-refractivity contribution >= 4 is 16.0 Å². The first kappa shape index (κ1) is 15.6. The molecule has 0 fully saturated rings. The van der Waals surface area contributed by atoms with Crippen molar-refractivity contribution in [3.05, 3.63) is 24.3 Å². The summed E-state index contributed by atoms with van der Waals surface area (Å²) < 4.78 is 36.2. The molecule has 0 amide bonds. The molecule has 21 heavy (non-hydrogen) atoms. The van der Waals surface area contributed by atoms with Crippen LogP contribution in [0.4, 0.5) is 0 Å². The molecule has 0 saturated carbocycles. The van der Waals surface area contributed by atoms with E-state index in [0.29, 0.717) is 11.5 Å². The SMILES string of the molecule is CCN(CC1COc2ccccc2O1)S(=O)(=O)CC(=O)O. The average Bonchev–Trinajstić information content (AvgIpc) is 2.43. The van der Waals surface area contributed by atoms with Crippen LogP contribution in [-0.2, 0) is 14.8 Å². The van der Waals surface area contributed by atoms with Gasteiger partial charge in [0.1, 0.15) is 12.7 Å². The van der Waals surface area contributed by atoms with E-state index in [2.05, 4.69) is 0 Å². The number of likely N-dealkylation sites (N-methyl/N-ethyl adjacent to an activating group) is 1. The topological polar surface area (TPSA) is 93.1 Å². The third-order valence-corrected chi connectivity index (χ3v) is 4.83. The van der Waals surface area contributed by atoms with Crippen LogP contribution in [0.1, 0.15) is 6.92 Å². The van der Waals surface area contributed by atoms with Gasteiger partial charge in [-0.15, -0.1) is 0 Å². The molecule has 116 valence electrons. The number of aliphatic carboxylic acids is 1. The van der Waals surface area contributed by atoms with Crippen LogP contribution < -0.4 is 9.47 Å². The van der Waals surface area contributed by atoms with Gasteiger partial charge in [-0.2, -0.15) is 4.31 Å². The third kappa shape index (κ3) is 3.85. The summed E-state index contributed by atoms with van der Waals surface area (Å²) in [6.07, 6.45) is -0.469. The molecule has 8 heteroatoms. The third-order valence-electron chi connectivity index (χ3n) is 3.03. The maximum Gasteiger partial charge on any atom is 0.320 e. The zero-order valence-corrected chi connectivity index (χ0v) is 12.4. The average molecular weight is 315 g/mol. The van der Waals surface area contributed by atoms with Crippen molar-refractivity contribution in [2.24, 2.45) is 0 Å². The molecule has 0 saturated heterocycles.